The van der Waals surface area contributed by atoms with E-state index in [1.807, 2.05) is 73.3 Å². The number of esters is 1. The first kappa shape index (κ1) is 79.0. The normalized spacial score (nSPS) is 33.1. The molecule has 5 fully saturated rings. The van der Waals surface area contributed by atoms with Crippen LogP contribution in [-0.2, 0) is 58.9 Å². The number of nitrogens with zero attached hydrogens (tertiary/aromatic N) is 9. The van der Waals surface area contributed by atoms with Gasteiger partial charge < -0.3 is 79.5 Å². The molecule has 5 aliphatic heterocycles. The second-order valence-electron chi connectivity index (χ2n) is 28.5. The monoisotopic (exact) mass is 1400 g/mol. The molecule has 100 heavy (non-hydrogen) atoms. The molecule has 2 aromatic heterocycles. The molecular formula is C73H111N11O16. The second-order valence-corrected chi connectivity index (χ2v) is 28.5. The van der Waals surface area contributed by atoms with Crippen molar-refractivity contribution in [2.24, 2.45) is 35.3 Å². The third-order valence-electron chi connectivity index (χ3n) is 20.9. The number of ether oxygens (including phenoxy) is 6. The molecule has 1 unspecified atom stereocenters. The number of nitrogens with two attached hydrogens (primary N) is 1. The van der Waals surface area contributed by atoms with Crippen molar-refractivity contribution in [2.75, 3.05) is 103 Å². The van der Waals surface area contributed by atoms with Crippen molar-refractivity contribution in [1.29, 1.82) is 0 Å². The van der Waals surface area contributed by atoms with Crippen LogP contribution in [0.25, 0.3) is 0 Å². The van der Waals surface area contributed by atoms with Gasteiger partial charge in [-0.3, -0.25) is 24.1 Å². The lowest BCUT2D eigenvalue weighted by Crippen LogP contribution is -2.61. The van der Waals surface area contributed by atoms with Gasteiger partial charge in [-0.25, -0.2) is 29.5 Å². The lowest BCUT2D eigenvalue weighted by molar-refractivity contribution is -0.265. The van der Waals surface area contributed by atoms with Gasteiger partial charge in [-0.15, -0.1) is 0 Å². The summed E-state index contributed by atoms with van der Waals surface area (Å²) in [6.45, 7) is 19.9. The molecule has 8 rings (SSSR count). The zero-order valence-electron chi connectivity index (χ0n) is 60.1. The van der Waals surface area contributed by atoms with Gasteiger partial charge in [0.25, 0.3) is 11.7 Å². The quantitative estimate of drug-likeness (QED) is 0.0573. The summed E-state index contributed by atoms with van der Waals surface area (Å²) in [5, 5.41) is 49.4. The molecule has 0 radical (unpaired) electrons. The smallest absolute Gasteiger partial charge is 0.407 e. The molecule has 6 aliphatic rings. The van der Waals surface area contributed by atoms with Crippen LogP contribution < -0.4 is 20.9 Å². The summed E-state index contributed by atoms with van der Waals surface area (Å²) < 4.78 is 36.1. The standard InChI is InChI=1S/C73H111N11O16/c1-46-15-11-10-12-16-48(3)60(95-8)39-55-20-18-52(7)73(94,100-55)67(90)68(91)84-23-14-13-17-57(84)69(92)98-61(40-58(85)49(4)36-51(6)65(88)66(89)64(87)50(5)35-46)56(74)37-53-19-21-59(62(38-53)96-9)99-72(93)79-45-54-43-77-71(78-44-54)83-30-28-81(29-31-83)63(86)22-33-97-34-32-80-24-26-82(27-25-80)70-75-41-47(2)42-76-70/h10-12,15-16,36,41-44,46,49-50,52-53,55-62,65-66,85,88-89,94H,13-14,17-35,37-40,45,74H2,1-9H3,(H,79,93)/b12-10+,15-11+,48-16+,51-36+/t46-,49-,50-,52-,53+,55+,56-,57+,58-,59-,60+,61?,62-,65-,66+,73-/m1/s1. The van der Waals surface area contributed by atoms with Crippen LogP contribution in [0.4, 0.5) is 16.7 Å². The van der Waals surface area contributed by atoms with E-state index in [-0.39, 0.29) is 62.1 Å². The number of aryl methyl sites for hydroxylation is 1. The molecule has 27 heteroatoms. The maximum Gasteiger partial charge on any atom is 0.407 e. The van der Waals surface area contributed by atoms with Crippen molar-refractivity contribution in [3.8, 4) is 0 Å². The Hall–Kier alpha value is -6.66. The van der Waals surface area contributed by atoms with Crippen molar-refractivity contribution in [1.82, 2.24) is 40.0 Å². The van der Waals surface area contributed by atoms with Crippen LogP contribution in [0.1, 0.15) is 136 Å². The highest BCUT2D eigenvalue weighted by atomic mass is 16.6. The van der Waals surface area contributed by atoms with Crippen LogP contribution in [0.5, 0.6) is 0 Å². The Labute approximate surface area is 589 Å². The number of cyclic esters (lactones) is 1. The van der Waals surface area contributed by atoms with Crippen molar-refractivity contribution < 1.29 is 77.6 Å². The molecule has 1 saturated carbocycles. The number of methoxy groups -OCH3 is 2. The third-order valence-corrected chi connectivity index (χ3v) is 20.9. The number of carbonyl (C=O) groups is 6. The van der Waals surface area contributed by atoms with Crippen molar-refractivity contribution in [2.45, 2.75) is 205 Å². The number of hydrogen-bond donors (Lipinski definition) is 6. The fourth-order valence-electron chi connectivity index (χ4n) is 14.4. The summed E-state index contributed by atoms with van der Waals surface area (Å²) >= 11 is 0. The van der Waals surface area contributed by atoms with E-state index < -0.39 is 114 Å². The van der Waals surface area contributed by atoms with Crippen LogP contribution in [0.15, 0.2) is 72.4 Å². The molecule has 2 aromatic rings. The number of amides is 3. The molecule has 3 amide bonds. The second kappa shape index (κ2) is 38.0. The lowest BCUT2D eigenvalue weighted by atomic mass is 9.80. The summed E-state index contributed by atoms with van der Waals surface area (Å²) in [6.07, 6.45) is 13.5. The Morgan fingerprint density at radius 2 is 1.42 bits per heavy atom. The molecule has 0 spiro atoms. The molecule has 2 bridgehead atoms. The van der Waals surface area contributed by atoms with Crippen molar-refractivity contribution in [3.63, 3.8) is 0 Å². The predicted octanol–water partition coefficient (Wildman–Crippen LogP) is 4.71. The van der Waals surface area contributed by atoms with Crippen LogP contribution in [0, 0.1) is 36.5 Å². The summed E-state index contributed by atoms with van der Waals surface area (Å²) in [5.74, 6) is -7.14. The molecule has 554 valence electrons. The van der Waals surface area contributed by atoms with Gasteiger partial charge in [0.2, 0.25) is 23.6 Å². The molecule has 4 saturated heterocycles. The molecular weight excluding hydrogens is 1290 g/mol. The van der Waals surface area contributed by atoms with Gasteiger partial charge in [-0.1, -0.05) is 64.2 Å². The number of nitrogens with one attached hydrogen (secondary N) is 1. The first-order chi connectivity index (χ1) is 47.8. The maximum atomic E-state index is 14.7. The minimum absolute atomic E-state index is 0.0189. The van der Waals surface area contributed by atoms with E-state index in [2.05, 4.69) is 35.1 Å². The van der Waals surface area contributed by atoms with Gasteiger partial charge in [0.05, 0.1) is 44.1 Å². The number of Topliss-reactive ketones (excluding diaryl/α,β-unsaturated/α-hetero) is 2. The van der Waals surface area contributed by atoms with Gasteiger partial charge in [-0.2, -0.15) is 0 Å². The molecule has 0 aromatic carbocycles. The first-order valence-corrected chi connectivity index (χ1v) is 36.0. The van der Waals surface area contributed by atoms with Crippen molar-refractivity contribution in [3.05, 3.63) is 83.5 Å². The van der Waals surface area contributed by atoms with Gasteiger partial charge in [-0.05, 0) is 114 Å². The number of alkyl carbamates (subject to hydrolysis) is 1. The van der Waals surface area contributed by atoms with E-state index in [1.54, 1.807) is 53.3 Å². The number of carbonyl (C=O) groups excluding carboxylic acids is 6. The average molecular weight is 1400 g/mol. The lowest BCUT2D eigenvalue weighted by Gasteiger charge is -2.42. The highest BCUT2D eigenvalue weighted by Gasteiger charge is 2.53. The average Bonchev–Trinajstić information content (AvgIpc) is 0.773. The number of aliphatic hydroxyl groups is 4. The Balaban J connectivity index is 0.843. The number of aromatic nitrogens is 4. The fourth-order valence-corrected chi connectivity index (χ4v) is 14.4. The zero-order chi connectivity index (χ0) is 72.2. The number of aliphatic hydroxyl groups excluding tert-OH is 3. The number of hydrogen-bond acceptors (Lipinski definition) is 24. The summed E-state index contributed by atoms with van der Waals surface area (Å²) in [4.78, 5) is 111. The molecule has 7 N–H and O–H groups in total. The Bertz CT molecular complexity index is 3120. The number of anilines is 2. The highest BCUT2D eigenvalue weighted by Crippen LogP contribution is 2.38. The van der Waals surface area contributed by atoms with Crippen molar-refractivity contribution >= 4 is 47.3 Å². The van der Waals surface area contributed by atoms with Crippen LogP contribution in [0.2, 0.25) is 0 Å². The molecule has 1 aliphatic carbocycles. The van der Waals surface area contributed by atoms with Crippen LogP contribution in [0.3, 0.4) is 0 Å². The van der Waals surface area contributed by atoms with Crippen LogP contribution in [-0.4, -0.2) is 250 Å². The van der Waals surface area contributed by atoms with Crippen LogP contribution >= 0.6 is 0 Å². The Kier molecular flexibility index (Phi) is 30.1. The topological polar surface area (TPSA) is 345 Å². The van der Waals surface area contributed by atoms with E-state index in [1.165, 1.54) is 7.11 Å². The fraction of sp³-hybridized carbons (Fsp3) is 0.699. The number of fused-ring (bicyclic) bond motifs is 3. The van der Waals surface area contributed by atoms with Gasteiger partial charge in [0.1, 0.15) is 30.5 Å². The number of rotatable bonds is 16. The van der Waals surface area contributed by atoms with E-state index >= 15 is 0 Å². The number of piperidine rings is 1. The number of allylic oxidation sites excluding steroid dienone is 5. The van der Waals surface area contributed by atoms with E-state index in [4.69, 9.17) is 34.2 Å². The summed E-state index contributed by atoms with van der Waals surface area (Å²) in [6, 6.07) is -2.15. The third kappa shape index (κ3) is 21.9. The van der Waals surface area contributed by atoms with E-state index in [0.717, 1.165) is 54.7 Å². The van der Waals surface area contributed by atoms with Gasteiger partial charge in [0, 0.05) is 153 Å². The maximum absolute atomic E-state index is 14.7. The number of ketones is 2. The predicted molar refractivity (Wildman–Crippen MR) is 373 cm³/mol. The minimum atomic E-state index is -2.50. The minimum Gasteiger partial charge on any atom is -0.459 e. The molecule has 27 nitrogen and oxygen atoms in total. The number of piperazine rings is 2. The summed E-state index contributed by atoms with van der Waals surface area (Å²) in [5.41, 5.74) is 9.83. The summed E-state index contributed by atoms with van der Waals surface area (Å²) in [7, 11) is 3.09. The molecule has 16 atom stereocenters. The van der Waals surface area contributed by atoms with Gasteiger partial charge in [0.15, 0.2) is 5.78 Å². The SMILES string of the molecule is CO[C@H]1C[C@@H]2CC[C@@H](C)[C@@](O)(O2)C(=O)C(=O)N2CCCC[C@H]2C(=O)OC([C@H](N)C[C@@H]2CC[C@@H](OC(=O)NCc3cnc(N4CCN(C(=O)CCOCCN5CCN(c6ncc(C)cn6)CC5)CC4)nc3)[C@H](OC)C2)C[C@@H](O)[C@H](C)/C=C(\C)[C@@H](O)[C@@H](O)C(=O)[C@H](C)C[C@H](C)/C=C/C=C/C=C/1C. The van der Waals surface area contributed by atoms with Gasteiger partial charge >= 0.3 is 12.1 Å². The Morgan fingerprint density at radius 3 is 2.10 bits per heavy atom. The first-order valence-electron chi connectivity index (χ1n) is 36.0. The van der Waals surface area contributed by atoms with E-state index in [0.29, 0.717) is 109 Å². The zero-order valence-corrected chi connectivity index (χ0v) is 60.1. The van der Waals surface area contributed by atoms with E-state index in [9.17, 15) is 49.2 Å². The highest BCUT2D eigenvalue weighted by molar-refractivity contribution is 6.39. The largest absolute Gasteiger partial charge is 0.459 e. The molecule has 7 heterocycles. The Morgan fingerprint density at radius 1 is 0.740 bits per heavy atom.